The number of primary amides is 1. The summed E-state index contributed by atoms with van der Waals surface area (Å²) in [7, 11) is 0. The molecule has 0 spiro atoms. The van der Waals surface area contributed by atoms with Crippen LogP contribution in [0.25, 0.3) is 33.5 Å². The minimum absolute atomic E-state index is 0.0627. The van der Waals surface area contributed by atoms with E-state index in [1.165, 1.54) is 0 Å². The van der Waals surface area contributed by atoms with Crippen molar-refractivity contribution in [3.63, 3.8) is 0 Å². The Morgan fingerprint density at radius 2 is 1.82 bits per heavy atom. The predicted molar refractivity (Wildman–Crippen MR) is 130 cm³/mol. The number of H-pyrrole nitrogens is 1. The molecule has 0 atom stereocenters. The molecular formula is C24H21N9O. The quantitative estimate of drug-likeness (QED) is 0.315. The molecule has 0 aliphatic carbocycles. The third-order valence-corrected chi connectivity index (χ3v) is 5.56. The lowest BCUT2D eigenvalue weighted by atomic mass is 9.99. The third kappa shape index (κ3) is 3.56. The number of anilines is 3. The maximum Gasteiger partial charge on any atom is 0.269 e. The van der Waals surface area contributed by atoms with Crippen LogP contribution in [-0.2, 0) is 0 Å². The maximum atomic E-state index is 12.3. The van der Waals surface area contributed by atoms with Crippen molar-refractivity contribution in [1.82, 2.24) is 30.1 Å². The van der Waals surface area contributed by atoms with Crippen LogP contribution in [0.3, 0.4) is 0 Å². The molecule has 34 heavy (non-hydrogen) atoms. The summed E-state index contributed by atoms with van der Waals surface area (Å²) in [5, 5.41) is 11.2. The van der Waals surface area contributed by atoms with Crippen molar-refractivity contribution in [2.24, 2.45) is 5.73 Å². The summed E-state index contributed by atoms with van der Waals surface area (Å²) in [6.07, 6.45) is 5.07. The SMILES string of the molecule is Cc1ccc2[nH]ncc2c1-c1nc(-c2cccnc2Nc2cccnc2C)nc(C(N)=O)c1N. The van der Waals surface area contributed by atoms with Crippen molar-refractivity contribution in [1.29, 1.82) is 0 Å². The van der Waals surface area contributed by atoms with E-state index in [-0.39, 0.29) is 17.2 Å². The summed E-state index contributed by atoms with van der Waals surface area (Å²) in [6, 6.07) is 11.2. The number of rotatable bonds is 5. The van der Waals surface area contributed by atoms with Gasteiger partial charge in [0.2, 0.25) is 0 Å². The number of hydrogen-bond acceptors (Lipinski definition) is 8. The lowest BCUT2D eigenvalue weighted by molar-refractivity contribution is 0.0996. The summed E-state index contributed by atoms with van der Waals surface area (Å²) in [5.41, 5.74) is 17.1. The van der Waals surface area contributed by atoms with Crippen LogP contribution in [0.1, 0.15) is 21.7 Å². The van der Waals surface area contributed by atoms with E-state index in [0.717, 1.165) is 33.4 Å². The zero-order chi connectivity index (χ0) is 23.8. The van der Waals surface area contributed by atoms with Gasteiger partial charge in [-0.3, -0.25) is 14.9 Å². The Bertz CT molecular complexity index is 1560. The Hall–Kier alpha value is -4.86. The van der Waals surface area contributed by atoms with Crippen molar-refractivity contribution in [3.05, 3.63) is 71.9 Å². The van der Waals surface area contributed by atoms with Crippen LogP contribution in [0.2, 0.25) is 0 Å². The zero-order valence-corrected chi connectivity index (χ0v) is 18.5. The number of nitrogens with zero attached hydrogens (tertiary/aromatic N) is 5. The van der Waals surface area contributed by atoms with Crippen molar-refractivity contribution in [3.8, 4) is 22.6 Å². The van der Waals surface area contributed by atoms with Gasteiger partial charge in [-0.25, -0.2) is 15.0 Å². The number of fused-ring (bicyclic) bond motifs is 1. The highest BCUT2D eigenvalue weighted by molar-refractivity contribution is 6.04. The van der Waals surface area contributed by atoms with Crippen LogP contribution in [0, 0.1) is 13.8 Å². The number of nitrogens with one attached hydrogen (secondary N) is 2. The van der Waals surface area contributed by atoms with Crippen LogP contribution in [0.5, 0.6) is 0 Å². The van der Waals surface area contributed by atoms with Gasteiger partial charge >= 0.3 is 0 Å². The van der Waals surface area contributed by atoms with E-state index in [1.54, 1.807) is 24.7 Å². The average Bonchev–Trinajstić information content (AvgIpc) is 3.30. The Morgan fingerprint density at radius 3 is 2.62 bits per heavy atom. The highest BCUT2D eigenvalue weighted by atomic mass is 16.1. The fourth-order valence-electron chi connectivity index (χ4n) is 3.84. The van der Waals surface area contributed by atoms with E-state index in [4.69, 9.17) is 16.5 Å². The molecule has 0 unspecified atom stereocenters. The topological polar surface area (TPSA) is 161 Å². The first-order valence-electron chi connectivity index (χ1n) is 10.5. The Morgan fingerprint density at radius 1 is 1.03 bits per heavy atom. The fraction of sp³-hybridized carbons (Fsp3) is 0.0833. The first-order chi connectivity index (χ1) is 16.4. The molecule has 0 radical (unpaired) electrons. The number of hydrogen-bond donors (Lipinski definition) is 4. The van der Waals surface area contributed by atoms with Gasteiger partial charge in [0.1, 0.15) is 5.82 Å². The van der Waals surface area contributed by atoms with Crippen LogP contribution >= 0.6 is 0 Å². The summed E-state index contributed by atoms with van der Waals surface area (Å²) >= 11 is 0. The van der Waals surface area contributed by atoms with Gasteiger partial charge in [-0.15, -0.1) is 0 Å². The molecule has 10 nitrogen and oxygen atoms in total. The molecule has 0 fully saturated rings. The van der Waals surface area contributed by atoms with Crippen molar-refractivity contribution < 1.29 is 4.79 Å². The number of nitrogens with two attached hydrogens (primary N) is 2. The molecular weight excluding hydrogens is 430 g/mol. The number of aryl methyl sites for hydroxylation is 2. The third-order valence-electron chi connectivity index (χ3n) is 5.56. The average molecular weight is 451 g/mol. The van der Waals surface area contributed by atoms with E-state index in [0.29, 0.717) is 17.1 Å². The monoisotopic (exact) mass is 451 g/mol. The molecule has 10 heteroatoms. The van der Waals surface area contributed by atoms with Crippen molar-refractivity contribution >= 4 is 34.0 Å². The minimum atomic E-state index is -0.749. The molecule has 0 aliphatic rings. The van der Waals surface area contributed by atoms with E-state index >= 15 is 0 Å². The second kappa shape index (κ2) is 8.24. The highest BCUT2D eigenvalue weighted by Crippen LogP contribution is 2.37. The highest BCUT2D eigenvalue weighted by Gasteiger charge is 2.22. The number of aromatic nitrogens is 6. The molecule has 1 amide bonds. The van der Waals surface area contributed by atoms with Crippen LogP contribution < -0.4 is 16.8 Å². The van der Waals surface area contributed by atoms with Gasteiger partial charge in [0.15, 0.2) is 11.5 Å². The fourth-order valence-corrected chi connectivity index (χ4v) is 3.84. The van der Waals surface area contributed by atoms with Gasteiger partial charge in [-0.2, -0.15) is 5.10 Å². The molecule has 168 valence electrons. The lowest BCUT2D eigenvalue weighted by Crippen LogP contribution is -2.18. The Kier molecular flexibility index (Phi) is 5.09. The van der Waals surface area contributed by atoms with Crippen LogP contribution in [0.15, 0.2) is 55.0 Å². The molecule has 0 saturated carbocycles. The number of benzene rings is 1. The van der Waals surface area contributed by atoms with E-state index in [2.05, 4.69) is 30.5 Å². The van der Waals surface area contributed by atoms with Crippen LogP contribution in [0.4, 0.5) is 17.2 Å². The molecule has 4 aromatic heterocycles. The second-order valence-corrected chi connectivity index (χ2v) is 7.77. The molecule has 6 N–H and O–H groups in total. The number of amides is 1. The van der Waals surface area contributed by atoms with Crippen molar-refractivity contribution in [2.45, 2.75) is 13.8 Å². The molecule has 0 bridgehead atoms. The maximum absolute atomic E-state index is 12.3. The lowest BCUT2D eigenvalue weighted by Gasteiger charge is -2.15. The number of carbonyl (C=O) groups is 1. The predicted octanol–water partition coefficient (Wildman–Crippen LogP) is 3.52. The smallest absolute Gasteiger partial charge is 0.269 e. The Balaban J connectivity index is 1.74. The zero-order valence-electron chi connectivity index (χ0n) is 18.5. The van der Waals surface area contributed by atoms with Crippen LogP contribution in [-0.4, -0.2) is 36.0 Å². The number of pyridine rings is 2. The van der Waals surface area contributed by atoms with E-state index < -0.39 is 5.91 Å². The Labute approximate surface area is 194 Å². The molecule has 5 aromatic rings. The van der Waals surface area contributed by atoms with E-state index in [1.807, 2.05) is 44.2 Å². The van der Waals surface area contributed by atoms with Gasteiger partial charge in [-0.1, -0.05) is 6.07 Å². The first kappa shape index (κ1) is 21.0. The van der Waals surface area contributed by atoms with Crippen molar-refractivity contribution in [2.75, 3.05) is 11.1 Å². The summed E-state index contributed by atoms with van der Waals surface area (Å²) in [5.74, 6) is 0.0129. The first-order valence-corrected chi connectivity index (χ1v) is 10.5. The van der Waals surface area contributed by atoms with Gasteiger partial charge in [0.25, 0.3) is 5.91 Å². The van der Waals surface area contributed by atoms with Gasteiger partial charge in [0, 0.05) is 23.3 Å². The summed E-state index contributed by atoms with van der Waals surface area (Å²) in [4.78, 5) is 30.3. The summed E-state index contributed by atoms with van der Waals surface area (Å²) in [6.45, 7) is 3.83. The van der Waals surface area contributed by atoms with Gasteiger partial charge in [-0.05, 0) is 49.7 Å². The molecule has 0 saturated heterocycles. The molecule has 0 aliphatic heterocycles. The standard InChI is InChI=1S/C24H21N9O/c1-12-7-8-17-15(11-29-33-17)18(12)20-19(25)21(22(26)34)32-24(31-20)14-5-3-10-28-23(14)30-16-6-4-9-27-13(16)2/h3-11H,25H2,1-2H3,(H2,26,34)(H,28,30)(H,29,33). The van der Waals surface area contributed by atoms with E-state index in [9.17, 15) is 4.79 Å². The van der Waals surface area contributed by atoms with Gasteiger partial charge < -0.3 is 16.8 Å². The molecule has 4 heterocycles. The molecule has 1 aromatic carbocycles. The van der Waals surface area contributed by atoms with Gasteiger partial charge in [0.05, 0.1) is 40.0 Å². The number of carbonyl (C=O) groups excluding carboxylic acids is 1. The molecule has 5 rings (SSSR count). The normalized spacial score (nSPS) is 11.0. The summed E-state index contributed by atoms with van der Waals surface area (Å²) < 4.78 is 0. The second-order valence-electron chi connectivity index (χ2n) is 7.77. The minimum Gasteiger partial charge on any atom is -0.395 e. The largest absolute Gasteiger partial charge is 0.395 e. The number of nitrogen functional groups attached to an aromatic ring is 1. The number of aromatic amines is 1.